The number of hydrogen-bond donors (Lipinski definition) is 3. The Hall–Kier alpha value is -1.85. The van der Waals surface area contributed by atoms with Crippen molar-refractivity contribution in [3.8, 4) is 0 Å². The molecule has 6 aliphatic rings. The Morgan fingerprint density at radius 1 is 0.808 bits per heavy atom. The Balaban J connectivity index is 1.25. The quantitative estimate of drug-likeness (QED) is 0.530. The Morgan fingerprint density at radius 2 is 1.35 bits per heavy atom. The van der Waals surface area contributed by atoms with Gasteiger partial charge in [0.2, 0.25) is 11.8 Å². The van der Waals surface area contributed by atoms with Crippen LogP contribution in [0.25, 0.3) is 0 Å². The van der Waals surface area contributed by atoms with E-state index >= 15 is 0 Å². The van der Waals surface area contributed by atoms with Gasteiger partial charge in [0.1, 0.15) is 0 Å². The monoisotopic (exact) mass is 358 g/mol. The molecule has 140 valence electrons. The highest BCUT2D eigenvalue weighted by Crippen LogP contribution is 2.60. The summed E-state index contributed by atoms with van der Waals surface area (Å²) in [6, 6.07) is 0. The van der Waals surface area contributed by atoms with E-state index in [0.717, 1.165) is 25.7 Å². The van der Waals surface area contributed by atoms with E-state index in [0.29, 0.717) is 17.8 Å². The molecule has 4 atom stereocenters. The van der Waals surface area contributed by atoms with Crippen LogP contribution in [0.2, 0.25) is 0 Å². The van der Waals surface area contributed by atoms with E-state index in [9.17, 15) is 19.5 Å². The molecule has 5 saturated carbocycles. The molecule has 6 rings (SSSR count). The van der Waals surface area contributed by atoms with E-state index in [1.165, 1.54) is 19.3 Å². The molecular weight excluding hydrogens is 332 g/mol. The molecule has 0 aromatic rings. The van der Waals surface area contributed by atoms with Gasteiger partial charge in [-0.1, -0.05) is 12.2 Å². The van der Waals surface area contributed by atoms with Crippen molar-refractivity contribution >= 4 is 17.8 Å². The third-order valence-electron chi connectivity index (χ3n) is 7.87. The van der Waals surface area contributed by atoms with Crippen molar-refractivity contribution in [2.24, 2.45) is 46.8 Å². The highest BCUT2D eigenvalue weighted by atomic mass is 16.4. The van der Waals surface area contributed by atoms with Crippen molar-refractivity contribution in [3.05, 3.63) is 12.2 Å². The fourth-order valence-corrected chi connectivity index (χ4v) is 7.24. The van der Waals surface area contributed by atoms with Gasteiger partial charge in [0.15, 0.2) is 0 Å². The predicted molar refractivity (Wildman–Crippen MR) is 92.2 cm³/mol. The van der Waals surface area contributed by atoms with Crippen molar-refractivity contribution in [3.63, 3.8) is 0 Å². The number of allylic oxidation sites excluding steroid dienone is 2. The van der Waals surface area contributed by atoms with Crippen molar-refractivity contribution < 1.29 is 19.5 Å². The lowest BCUT2D eigenvalue weighted by Crippen LogP contribution is -2.57. The van der Waals surface area contributed by atoms with Gasteiger partial charge in [0.25, 0.3) is 0 Å². The molecule has 26 heavy (non-hydrogen) atoms. The summed E-state index contributed by atoms with van der Waals surface area (Å²) in [4.78, 5) is 37.2. The van der Waals surface area contributed by atoms with Crippen LogP contribution >= 0.6 is 0 Å². The molecular formula is C20H26N2O4. The SMILES string of the molecule is O=C(O)[C@@H]1[C@H](C(=O)NNC(=O)C23CC4CC(CC(C4)C2)C3)[C@H]2C=C[C@H]1C2. The molecule has 6 nitrogen and oxygen atoms in total. The number of amides is 2. The van der Waals surface area contributed by atoms with Crippen molar-refractivity contribution in [2.75, 3.05) is 0 Å². The molecule has 0 aliphatic heterocycles. The van der Waals surface area contributed by atoms with Gasteiger partial charge in [-0.2, -0.15) is 0 Å². The molecule has 6 aliphatic carbocycles. The van der Waals surface area contributed by atoms with E-state index < -0.39 is 17.8 Å². The van der Waals surface area contributed by atoms with Crippen LogP contribution in [0.15, 0.2) is 12.2 Å². The summed E-state index contributed by atoms with van der Waals surface area (Å²) in [6.45, 7) is 0. The van der Waals surface area contributed by atoms with E-state index in [1.54, 1.807) is 0 Å². The molecule has 0 heterocycles. The molecule has 5 fully saturated rings. The second kappa shape index (κ2) is 5.57. The van der Waals surface area contributed by atoms with Gasteiger partial charge in [-0.3, -0.25) is 25.2 Å². The van der Waals surface area contributed by atoms with E-state index in [2.05, 4.69) is 10.9 Å². The van der Waals surface area contributed by atoms with Crippen molar-refractivity contribution in [1.29, 1.82) is 0 Å². The minimum absolute atomic E-state index is 0.0300. The zero-order valence-electron chi connectivity index (χ0n) is 14.8. The predicted octanol–water partition coefficient (Wildman–Crippen LogP) is 1.87. The molecule has 3 N–H and O–H groups in total. The zero-order chi connectivity index (χ0) is 18.1. The second-order valence-corrected chi connectivity index (χ2v) is 9.48. The highest BCUT2D eigenvalue weighted by molar-refractivity contribution is 5.90. The molecule has 0 unspecified atom stereocenters. The number of aliphatic carboxylic acids is 1. The first-order valence-electron chi connectivity index (χ1n) is 9.96. The second-order valence-electron chi connectivity index (χ2n) is 9.48. The van der Waals surface area contributed by atoms with Gasteiger partial charge in [-0.25, -0.2) is 0 Å². The summed E-state index contributed by atoms with van der Waals surface area (Å²) in [5.74, 6) is -0.707. The summed E-state index contributed by atoms with van der Waals surface area (Å²) < 4.78 is 0. The fourth-order valence-electron chi connectivity index (χ4n) is 7.24. The standard InChI is InChI=1S/C20H26N2O4/c23-17(15-13-1-2-14(6-13)16(15)18(24)25)21-22-19(26)20-7-10-3-11(8-20)5-12(4-10)9-20/h1-2,10-16H,3-9H2,(H,21,23)(H,22,26)(H,24,25)/t10?,11?,12?,13-,14-,15+,16-,20?/m0/s1. The maximum Gasteiger partial charge on any atom is 0.307 e. The summed E-state index contributed by atoms with van der Waals surface area (Å²) >= 11 is 0. The molecule has 0 aromatic carbocycles. The van der Waals surface area contributed by atoms with Crippen LogP contribution in [0.3, 0.4) is 0 Å². The first kappa shape index (κ1) is 16.3. The number of carbonyl (C=O) groups is 3. The highest BCUT2D eigenvalue weighted by Gasteiger charge is 2.55. The van der Waals surface area contributed by atoms with Crippen LogP contribution in [0.1, 0.15) is 44.9 Å². The van der Waals surface area contributed by atoms with Gasteiger partial charge >= 0.3 is 5.97 Å². The minimum atomic E-state index is -0.922. The van der Waals surface area contributed by atoms with Gasteiger partial charge < -0.3 is 5.11 Å². The van der Waals surface area contributed by atoms with Crippen LogP contribution < -0.4 is 10.9 Å². The van der Waals surface area contributed by atoms with E-state index in [-0.39, 0.29) is 29.1 Å². The number of carboxylic acids is 1. The van der Waals surface area contributed by atoms with Gasteiger partial charge in [0, 0.05) is 0 Å². The van der Waals surface area contributed by atoms with E-state index in [1.807, 2.05) is 12.2 Å². The Labute approximate surface area is 152 Å². The Kier molecular flexibility index (Phi) is 3.50. The average molecular weight is 358 g/mol. The smallest absolute Gasteiger partial charge is 0.307 e. The topological polar surface area (TPSA) is 95.5 Å². The molecule has 0 saturated heterocycles. The first-order chi connectivity index (χ1) is 12.4. The largest absolute Gasteiger partial charge is 0.481 e. The van der Waals surface area contributed by atoms with Crippen LogP contribution in [0.5, 0.6) is 0 Å². The lowest BCUT2D eigenvalue weighted by molar-refractivity contribution is -0.151. The zero-order valence-corrected chi connectivity index (χ0v) is 14.8. The van der Waals surface area contributed by atoms with Crippen molar-refractivity contribution in [2.45, 2.75) is 44.9 Å². The third-order valence-corrected chi connectivity index (χ3v) is 7.87. The molecule has 0 radical (unpaired) electrons. The van der Waals surface area contributed by atoms with Gasteiger partial charge in [-0.15, -0.1) is 0 Å². The number of hydrogen-bond acceptors (Lipinski definition) is 3. The van der Waals surface area contributed by atoms with Crippen LogP contribution in [0.4, 0.5) is 0 Å². The van der Waals surface area contributed by atoms with Gasteiger partial charge in [-0.05, 0) is 74.5 Å². The summed E-state index contributed by atoms with van der Waals surface area (Å²) in [6.07, 6.45) is 11.2. The molecule has 2 amide bonds. The maximum atomic E-state index is 12.9. The lowest BCUT2D eigenvalue weighted by Gasteiger charge is -2.55. The molecule has 6 heteroatoms. The van der Waals surface area contributed by atoms with Gasteiger partial charge in [0.05, 0.1) is 17.3 Å². The number of nitrogens with one attached hydrogen (secondary N) is 2. The molecule has 0 aromatic heterocycles. The molecule has 0 spiro atoms. The Bertz CT molecular complexity index is 665. The van der Waals surface area contributed by atoms with Crippen molar-refractivity contribution in [1.82, 2.24) is 10.9 Å². The summed E-state index contributed by atoms with van der Waals surface area (Å²) in [5.41, 5.74) is 4.95. The third kappa shape index (κ3) is 2.33. The summed E-state index contributed by atoms with van der Waals surface area (Å²) in [7, 11) is 0. The number of hydrazine groups is 1. The normalized spacial score (nSPS) is 47.2. The lowest BCUT2D eigenvalue weighted by atomic mass is 9.49. The minimum Gasteiger partial charge on any atom is -0.481 e. The fraction of sp³-hybridized carbons (Fsp3) is 0.750. The Morgan fingerprint density at radius 3 is 1.88 bits per heavy atom. The number of rotatable bonds is 3. The number of carbonyl (C=O) groups excluding carboxylic acids is 2. The average Bonchev–Trinajstić information content (AvgIpc) is 3.19. The van der Waals surface area contributed by atoms with Crippen LogP contribution in [0, 0.1) is 46.8 Å². The van der Waals surface area contributed by atoms with Crippen LogP contribution in [-0.4, -0.2) is 22.9 Å². The number of fused-ring (bicyclic) bond motifs is 2. The first-order valence-corrected chi connectivity index (χ1v) is 9.96. The van der Waals surface area contributed by atoms with E-state index in [4.69, 9.17) is 0 Å². The maximum absolute atomic E-state index is 12.9. The molecule has 6 bridgehead atoms. The number of carboxylic acid groups (broad SMARTS) is 1. The summed E-state index contributed by atoms with van der Waals surface area (Å²) in [5, 5.41) is 9.48. The van der Waals surface area contributed by atoms with Crippen LogP contribution in [-0.2, 0) is 14.4 Å².